The van der Waals surface area contributed by atoms with Crippen molar-refractivity contribution in [2.45, 2.75) is 26.8 Å². The van der Waals surface area contributed by atoms with Crippen LogP contribution in [0.2, 0.25) is 5.02 Å². The molecule has 0 aliphatic rings. The molecule has 27 heavy (non-hydrogen) atoms. The fourth-order valence-electron chi connectivity index (χ4n) is 2.92. The van der Waals surface area contributed by atoms with Gasteiger partial charge in [-0.25, -0.2) is 0 Å². The number of hydrogen-bond donors (Lipinski definition) is 2. The van der Waals surface area contributed by atoms with Crippen LogP contribution in [0.4, 0.5) is 5.69 Å². The van der Waals surface area contributed by atoms with E-state index in [1.165, 1.54) is 14.2 Å². The highest BCUT2D eigenvalue weighted by Gasteiger charge is 2.26. The van der Waals surface area contributed by atoms with Gasteiger partial charge in [-0.3, -0.25) is 4.79 Å². The third-order valence-electron chi connectivity index (χ3n) is 4.21. The highest BCUT2D eigenvalue weighted by molar-refractivity contribution is 6.32. The van der Waals surface area contributed by atoms with Gasteiger partial charge < -0.3 is 20.1 Å². The second-order valence-electron chi connectivity index (χ2n) is 7.33. The smallest absolute Gasteiger partial charge is 0.238 e. The van der Waals surface area contributed by atoms with Crippen molar-refractivity contribution in [3.8, 4) is 11.5 Å². The van der Waals surface area contributed by atoms with Crippen LogP contribution in [0.25, 0.3) is 0 Å². The Morgan fingerprint density at radius 2 is 1.70 bits per heavy atom. The van der Waals surface area contributed by atoms with Crippen molar-refractivity contribution < 1.29 is 14.3 Å². The van der Waals surface area contributed by atoms with Crippen molar-refractivity contribution in [2.24, 2.45) is 5.41 Å². The molecule has 0 heterocycles. The van der Waals surface area contributed by atoms with Crippen molar-refractivity contribution in [1.82, 2.24) is 5.32 Å². The van der Waals surface area contributed by atoms with Gasteiger partial charge in [0, 0.05) is 12.1 Å². The number of rotatable bonds is 7. The molecule has 0 aliphatic carbocycles. The van der Waals surface area contributed by atoms with Crippen molar-refractivity contribution in [2.75, 3.05) is 26.1 Å². The van der Waals surface area contributed by atoms with E-state index in [-0.39, 0.29) is 23.9 Å². The first kappa shape index (κ1) is 21.1. The molecular weight excluding hydrogens is 364 g/mol. The van der Waals surface area contributed by atoms with E-state index in [2.05, 4.69) is 43.5 Å². The molecule has 1 unspecified atom stereocenters. The van der Waals surface area contributed by atoms with Gasteiger partial charge in [-0.2, -0.15) is 0 Å². The zero-order chi connectivity index (χ0) is 20.0. The molecule has 2 rings (SSSR count). The van der Waals surface area contributed by atoms with Crippen LogP contribution in [0.1, 0.15) is 32.4 Å². The SMILES string of the molecule is COc1cc(OC)c(NC(=O)CNC(c2ccccc2)C(C)(C)C)cc1Cl. The monoisotopic (exact) mass is 390 g/mol. The van der Waals surface area contributed by atoms with Crippen LogP contribution in [0.5, 0.6) is 11.5 Å². The summed E-state index contributed by atoms with van der Waals surface area (Å²) in [7, 11) is 3.06. The molecule has 0 aromatic heterocycles. The third-order valence-corrected chi connectivity index (χ3v) is 4.51. The van der Waals surface area contributed by atoms with E-state index in [1.54, 1.807) is 12.1 Å². The molecule has 2 aromatic carbocycles. The van der Waals surface area contributed by atoms with Gasteiger partial charge in [0.2, 0.25) is 5.91 Å². The summed E-state index contributed by atoms with van der Waals surface area (Å²) in [5, 5.41) is 6.61. The predicted molar refractivity (Wildman–Crippen MR) is 110 cm³/mol. The summed E-state index contributed by atoms with van der Waals surface area (Å²) < 4.78 is 10.5. The van der Waals surface area contributed by atoms with E-state index in [0.29, 0.717) is 22.2 Å². The Bertz CT molecular complexity index is 773. The summed E-state index contributed by atoms with van der Waals surface area (Å²) in [5.74, 6) is 0.793. The summed E-state index contributed by atoms with van der Waals surface area (Å²) in [6.07, 6.45) is 0. The first-order valence-electron chi connectivity index (χ1n) is 8.76. The van der Waals surface area contributed by atoms with E-state index in [1.807, 2.05) is 18.2 Å². The second kappa shape index (κ2) is 9.11. The highest BCUT2D eigenvalue weighted by Crippen LogP contribution is 2.36. The quantitative estimate of drug-likeness (QED) is 0.721. The minimum atomic E-state index is -0.181. The number of nitrogens with one attached hydrogen (secondary N) is 2. The number of halogens is 1. The fraction of sp³-hybridized carbons (Fsp3) is 0.381. The zero-order valence-electron chi connectivity index (χ0n) is 16.4. The molecule has 2 aromatic rings. The Hall–Kier alpha value is -2.24. The van der Waals surface area contributed by atoms with Crippen LogP contribution < -0.4 is 20.1 Å². The van der Waals surface area contributed by atoms with Gasteiger partial charge in [-0.05, 0) is 17.0 Å². The third kappa shape index (κ3) is 5.62. The number of ether oxygens (including phenoxy) is 2. The summed E-state index contributed by atoms with van der Waals surface area (Å²) in [6.45, 7) is 6.58. The van der Waals surface area contributed by atoms with Gasteiger partial charge >= 0.3 is 0 Å². The van der Waals surface area contributed by atoms with E-state index in [0.717, 1.165) is 5.56 Å². The van der Waals surface area contributed by atoms with Gasteiger partial charge in [0.05, 0.1) is 31.5 Å². The number of amides is 1. The van der Waals surface area contributed by atoms with Crippen molar-refractivity contribution in [3.63, 3.8) is 0 Å². The van der Waals surface area contributed by atoms with Crippen LogP contribution in [0.3, 0.4) is 0 Å². The zero-order valence-corrected chi connectivity index (χ0v) is 17.2. The Kier molecular flexibility index (Phi) is 7.11. The van der Waals surface area contributed by atoms with Crippen LogP contribution in [0.15, 0.2) is 42.5 Å². The summed E-state index contributed by atoms with van der Waals surface area (Å²) >= 11 is 6.16. The lowest BCUT2D eigenvalue weighted by Crippen LogP contribution is -2.37. The molecular formula is C21H27ClN2O3. The van der Waals surface area contributed by atoms with Crippen LogP contribution >= 0.6 is 11.6 Å². The average Bonchev–Trinajstić information content (AvgIpc) is 2.62. The van der Waals surface area contributed by atoms with Crippen LogP contribution in [-0.4, -0.2) is 26.7 Å². The summed E-state index contributed by atoms with van der Waals surface area (Å²) in [6, 6.07) is 13.4. The molecule has 0 spiro atoms. The Morgan fingerprint density at radius 1 is 1.07 bits per heavy atom. The molecule has 0 fully saturated rings. The standard InChI is InChI=1S/C21H27ClN2O3/c1-21(2,3)20(14-9-7-6-8-10-14)23-13-19(25)24-16-11-15(22)17(26-4)12-18(16)27-5/h6-12,20,23H,13H2,1-5H3,(H,24,25). The lowest BCUT2D eigenvalue weighted by molar-refractivity contribution is -0.115. The molecule has 0 saturated heterocycles. The van der Waals surface area contributed by atoms with E-state index >= 15 is 0 Å². The average molecular weight is 391 g/mol. The molecule has 0 saturated carbocycles. The molecule has 146 valence electrons. The molecule has 1 amide bonds. The summed E-state index contributed by atoms with van der Waals surface area (Å²) in [5.41, 5.74) is 1.59. The highest BCUT2D eigenvalue weighted by atomic mass is 35.5. The molecule has 6 heteroatoms. The topological polar surface area (TPSA) is 59.6 Å². The lowest BCUT2D eigenvalue weighted by Gasteiger charge is -2.32. The summed E-state index contributed by atoms with van der Waals surface area (Å²) in [4.78, 5) is 12.5. The number of hydrogen-bond acceptors (Lipinski definition) is 4. The molecule has 2 N–H and O–H groups in total. The first-order valence-corrected chi connectivity index (χ1v) is 9.13. The first-order chi connectivity index (χ1) is 12.8. The minimum absolute atomic E-state index is 0.0331. The Morgan fingerprint density at radius 3 is 2.26 bits per heavy atom. The molecule has 0 radical (unpaired) electrons. The normalized spacial score (nSPS) is 12.4. The van der Waals surface area contributed by atoms with Gasteiger partial charge in [-0.1, -0.05) is 62.7 Å². The van der Waals surface area contributed by atoms with Crippen molar-refractivity contribution >= 4 is 23.2 Å². The number of methoxy groups -OCH3 is 2. The van der Waals surface area contributed by atoms with E-state index in [9.17, 15) is 4.79 Å². The van der Waals surface area contributed by atoms with Gasteiger partial charge in [0.1, 0.15) is 11.5 Å². The fourth-order valence-corrected chi connectivity index (χ4v) is 3.16. The molecule has 0 aliphatic heterocycles. The van der Waals surface area contributed by atoms with Crippen LogP contribution in [0, 0.1) is 5.41 Å². The minimum Gasteiger partial charge on any atom is -0.495 e. The van der Waals surface area contributed by atoms with E-state index in [4.69, 9.17) is 21.1 Å². The lowest BCUT2D eigenvalue weighted by atomic mass is 9.82. The van der Waals surface area contributed by atoms with E-state index < -0.39 is 0 Å². The molecule has 5 nitrogen and oxygen atoms in total. The second-order valence-corrected chi connectivity index (χ2v) is 7.73. The number of benzene rings is 2. The van der Waals surface area contributed by atoms with Gasteiger partial charge in [0.25, 0.3) is 0 Å². The van der Waals surface area contributed by atoms with Crippen LogP contribution in [-0.2, 0) is 4.79 Å². The van der Waals surface area contributed by atoms with Gasteiger partial charge in [-0.15, -0.1) is 0 Å². The molecule has 1 atom stereocenters. The number of anilines is 1. The molecule has 0 bridgehead atoms. The predicted octanol–water partition coefficient (Wildman–Crippen LogP) is 4.67. The maximum absolute atomic E-state index is 12.5. The maximum atomic E-state index is 12.5. The Balaban J connectivity index is 2.10. The Labute approximate surface area is 166 Å². The number of carbonyl (C=O) groups excluding carboxylic acids is 1. The number of carbonyl (C=O) groups is 1. The van der Waals surface area contributed by atoms with Gasteiger partial charge in [0.15, 0.2) is 0 Å². The van der Waals surface area contributed by atoms with Crippen molar-refractivity contribution in [1.29, 1.82) is 0 Å². The largest absolute Gasteiger partial charge is 0.495 e. The van der Waals surface area contributed by atoms with Crippen molar-refractivity contribution in [3.05, 3.63) is 53.1 Å². The maximum Gasteiger partial charge on any atom is 0.238 e.